The van der Waals surface area contributed by atoms with Gasteiger partial charge < -0.3 is 0 Å². The first-order valence-electron chi connectivity index (χ1n) is 17.4. The molecule has 3 rings (SSSR count). The first-order valence-corrected chi connectivity index (χ1v) is 17.4. The molecule has 0 spiro atoms. The van der Waals surface area contributed by atoms with Crippen LogP contribution in [0.15, 0.2) is 36.4 Å². The van der Waals surface area contributed by atoms with Crippen molar-refractivity contribution >= 4 is 0 Å². The molecule has 0 saturated carbocycles. The van der Waals surface area contributed by atoms with Crippen molar-refractivity contribution < 1.29 is 0 Å². The minimum Gasteiger partial charge on any atom is -0.115 e. The Kier molecular flexibility index (Phi) is 15.2. The molecule has 0 atom stereocenters. The summed E-state index contributed by atoms with van der Waals surface area (Å²) in [5, 5.41) is 0. The fourth-order valence-corrected chi connectivity index (χ4v) is 7.34. The van der Waals surface area contributed by atoms with Gasteiger partial charge in [0.1, 0.15) is 0 Å². The molecule has 0 N–H and O–H groups in total. The highest BCUT2D eigenvalue weighted by molar-refractivity contribution is 5.84. The van der Waals surface area contributed by atoms with Crippen LogP contribution in [-0.4, -0.2) is 0 Å². The van der Waals surface area contributed by atoms with Crippen molar-refractivity contribution in [3.05, 3.63) is 58.7 Å². The van der Waals surface area contributed by atoms with E-state index in [1.54, 1.807) is 0 Å². The maximum absolute atomic E-state index is 6.22. The summed E-state index contributed by atoms with van der Waals surface area (Å²) >= 11 is 0. The van der Waals surface area contributed by atoms with E-state index in [-0.39, 0.29) is 5.41 Å². The molecule has 0 nitrogen and oxygen atoms in total. The number of terminal acetylenes is 2. The maximum Gasteiger partial charge on any atom is 0.0446 e. The van der Waals surface area contributed by atoms with Crippen molar-refractivity contribution in [3.8, 4) is 35.8 Å². The molecular formula is C41H58. The van der Waals surface area contributed by atoms with Crippen molar-refractivity contribution in [2.45, 2.75) is 161 Å². The Morgan fingerprint density at radius 3 is 1.44 bits per heavy atom. The van der Waals surface area contributed by atoms with Crippen LogP contribution < -0.4 is 0 Å². The van der Waals surface area contributed by atoms with Crippen LogP contribution in [0.5, 0.6) is 0 Å². The number of fused-ring (bicyclic) bond motifs is 3. The summed E-state index contributed by atoms with van der Waals surface area (Å²) in [6, 6.07) is 13.4. The quantitative estimate of drug-likeness (QED) is 0.101. The fraction of sp³-hybridized carbons (Fsp3) is 0.610. The molecular weight excluding hydrogens is 492 g/mol. The zero-order chi connectivity index (χ0) is 29.2. The average Bonchev–Trinajstić information content (AvgIpc) is 3.28. The summed E-state index contributed by atoms with van der Waals surface area (Å²) in [6.07, 6.45) is 41.8. The highest BCUT2D eigenvalue weighted by Gasteiger charge is 2.44. The monoisotopic (exact) mass is 550 g/mol. The molecule has 0 aromatic heterocycles. The second-order valence-electron chi connectivity index (χ2n) is 12.7. The normalized spacial score (nSPS) is 13.0. The SMILES string of the molecule is C#Cc1ccc2c(c1C#C)C(CCCCCCCCCCCC)(CCCCCCCCCCCC)c1ccccc1-2. The second kappa shape index (κ2) is 18.9. The summed E-state index contributed by atoms with van der Waals surface area (Å²) < 4.78 is 0. The molecule has 0 unspecified atom stereocenters. The third kappa shape index (κ3) is 9.27. The highest BCUT2D eigenvalue weighted by atomic mass is 14.5. The fourth-order valence-electron chi connectivity index (χ4n) is 7.34. The molecule has 0 radical (unpaired) electrons. The van der Waals surface area contributed by atoms with Gasteiger partial charge in [-0.2, -0.15) is 0 Å². The number of hydrogen-bond donors (Lipinski definition) is 0. The Labute approximate surface area is 254 Å². The molecule has 0 aliphatic heterocycles. The first kappa shape index (κ1) is 33.1. The minimum absolute atomic E-state index is 0.0131. The topological polar surface area (TPSA) is 0 Å². The summed E-state index contributed by atoms with van der Waals surface area (Å²) in [5.74, 6) is 5.99. The van der Waals surface area contributed by atoms with E-state index in [4.69, 9.17) is 12.8 Å². The zero-order valence-corrected chi connectivity index (χ0v) is 26.7. The van der Waals surface area contributed by atoms with E-state index in [9.17, 15) is 0 Å². The Balaban J connectivity index is 1.68. The third-order valence-corrected chi connectivity index (χ3v) is 9.63. The smallest absolute Gasteiger partial charge is 0.0446 e. The third-order valence-electron chi connectivity index (χ3n) is 9.63. The van der Waals surface area contributed by atoms with Crippen LogP contribution in [0.1, 0.15) is 177 Å². The number of rotatable bonds is 22. The van der Waals surface area contributed by atoms with Gasteiger partial charge in [0.05, 0.1) is 0 Å². The lowest BCUT2D eigenvalue weighted by Crippen LogP contribution is -2.27. The van der Waals surface area contributed by atoms with Crippen LogP contribution >= 0.6 is 0 Å². The van der Waals surface area contributed by atoms with Gasteiger partial charge in [0.2, 0.25) is 0 Å². The van der Waals surface area contributed by atoms with Crippen molar-refractivity contribution in [3.63, 3.8) is 0 Å². The largest absolute Gasteiger partial charge is 0.115 e. The number of hydrogen-bond acceptors (Lipinski definition) is 0. The Bertz CT molecular complexity index is 1080. The molecule has 0 saturated heterocycles. The van der Waals surface area contributed by atoms with E-state index in [0.29, 0.717) is 0 Å². The summed E-state index contributed by atoms with van der Waals surface area (Å²) in [4.78, 5) is 0. The van der Waals surface area contributed by atoms with Crippen molar-refractivity contribution in [1.82, 2.24) is 0 Å². The zero-order valence-electron chi connectivity index (χ0n) is 26.7. The average molecular weight is 551 g/mol. The van der Waals surface area contributed by atoms with Crippen molar-refractivity contribution in [1.29, 1.82) is 0 Å². The Hall–Kier alpha value is -2.44. The van der Waals surface area contributed by atoms with Crippen molar-refractivity contribution in [2.75, 3.05) is 0 Å². The van der Waals surface area contributed by atoms with E-state index in [1.807, 2.05) is 0 Å². The molecule has 2 aromatic rings. The predicted molar refractivity (Wildman–Crippen MR) is 181 cm³/mol. The van der Waals surface area contributed by atoms with Gasteiger partial charge in [0.25, 0.3) is 0 Å². The molecule has 1 aliphatic rings. The molecule has 2 aromatic carbocycles. The van der Waals surface area contributed by atoms with E-state index in [2.05, 4.69) is 62.1 Å². The lowest BCUT2D eigenvalue weighted by molar-refractivity contribution is 0.396. The lowest BCUT2D eigenvalue weighted by atomic mass is 9.69. The number of benzene rings is 2. The van der Waals surface area contributed by atoms with Gasteiger partial charge in [-0.3, -0.25) is 0 Å². The van der Waals surface area contributed by atoms with Crippen LogP contribution in [0, 0.1) is 24.7 Å². The van der Waals surface area contributed by atoms with Gasteiger partial charge in [0.15, 0.2) is 0 Å². The van der Waals surface area contributed by atoms with Gasteiger partial charge in [0, 0.05) is 16.5 Å². The Morgan fingerprint density at radius 2 is 0.976 bits per heavy atom. The Morgan fingerprint density at radius 1 is 0.512 bits per heavy atom. The van der Waals surface area contributed by atoms with Gasteiger partial charge in [-0.15, -0.1) is 12.8 Å². The number of unbranched alkanes of at least 4 members (excludes halogenated alkanes) is 18. The minimum atomic E-state index is -0.0131. The van der Waals surface area contributed by atoms with Gasteiger partial charge >= 0.3 is 0 Å². The summed E-state index contributed by atoms with van der Waals surface area (Å²) in [5.41, 5.74) is 7.40. The van der Waals surface area contributed by atoms with Crippen LogP contribution in [0.4, 0.5) is 0 Å². The predicted octanol–water partition coefficient (Wildman–Crippen LogP) is 12.5. The van der Waals surface area contributed by atoms with Gasteiger partial charge in [-0.1, -0.05) is 184 Å². The van der Waals surface area contributed by atoms with Crippen LogP contribution in [0.3, 0.4) is 0 Å². The molecule has 41 heavy (non-hydrogen) atoms. The molecule has 0 fully saturated rings. The molecule has 1 aliphatic carbocycles. The highest BCUT2D eigenvalue weighted by Crippen LogP contribution is 2.55. The molecule has 222 valence electrons. The summed E-state index contributed by atoms with van der Waals surface area (Å²) in [6.45, 7) is 4.59. The maximum atomic E-state index is 6.22. The van der Waals surface area contributed by atoms with Crippen molar-refractivity contribution in [2.24, 2.45) is 0 Å². The van der Waals surface area contributed by atoms with E-state index in [0.717, 1.165) is 11.1 Å². The first-order chi connectivity index (χ1) is 20.2. The molecule has 0 heterocycles. The molecule has 0 bridgehead atoms. The van der Waals surface area contributed by atoms with E-state index in [1.165, 1.54) is 164 Å². The van der Waals surface area contributed by atoms with Crippen LogP contribution in [-0.2, 0) is 5.41 Å². The van der Waals surface area contributed by atoms with E-state index < -0.39 is 0 Å². The molecule has 0 amide bonds. The second-order valence-corrected chi connectivity index (χ2v) is 12.7. The summed E-state index contributed by atoms with van der Waals surface area (Å²) in [7, 11) is 0. The van der Waals surface area contributed by atoms with E-state index >= 15 is 0 Å². The van der Waals surface area contributed by atoms with Crippen LogP contribution in [0.25, 0.3) is 11.1 Å². The lowest BCUT2D eigenvalue weighted by Gasteiger charge is -2.34. The van der Waals surface area contributed by atoms with Crippen LogP contribution in [0.2, 0.25) is 0 Å². The van der Waals surface area contributed by atoms with Gasteiger partial charge in [-0.25, -0.2) is 0 Å². The standard InChI is InChI=1S/C41H58/c1-5-9-11-13-15-17-19-21-23-27-33-41(34-28-24-22-20-18-16-14-12-10-6-2)39-30-26-25-29-37(39)38-32-31-35(7-3)36(8-4)40(38)41/h3-4,25-26,29-32H,5-6,9-24,27-28,33-34H2,1-2H3. The molecule has 0 heteroatoms. The van der Waals surface area contributed by atoms with Gasteiger partial charge in [-0.05, 0) is 41.2 Å².